The van der Waals surface area contributed by atoms with Gasteiger partial charge in [-0.2, -0.15) is 0 Å². The average Bonchev–Trinajstić information content (AvgIpc) is 2.59. The van der Waals surface area contributed by atoms with Gasteiger partial charge in [0.25, 0.3) is 0 Å². The molecule has 0 saturated heterocycles. The van der Waals surface area contributed by atoms with Crippen molar-refractivity contribution in [2.45, 2.75) is 83.2 Å². The summed E-state index contributed by atoms with van der Waals surface area (Å²) in [5.41, 5.74) is -0.370. The van der Waals surface area contributed by atoms with Gasteiger partial charge < -0.3 is 5.11 Å². The monoisotopic (exact) mass is 224 g/mol. The second-order valence-electron chi connectivity index (χ2n) is 6.25. The number of rotatable bonds is 2. The maximum atomic E-state index is 10.9. The molecule has 1 N–H and O–H groups in total. The highest BCUT2D eigenvalue weighted by molar-refractivity contribution is 4.90. The van der Waals surface area contributed by atoms with Crippen LogP contribution in [0.5, 0.6) is 0 Å². The predicted molar refractivity (Wildman–Crippen MR) is 68.4 cm³/mol. The maximum absolute atomic E-state index is 10.9. The molecule has 0 heterocycles. The average molecular weight is 224 g/mol. The van der Waals surface area contributed by atoms with Crippen LogP contribution in [0.1, 0.15) is 77.6 Å². The highest BCUT2D eigenvalue weighted by atomic mass is 16.3. The minimum atomic E-state index is -0.370. The smallest absolute Gasteiger partial charge is 0.0675 e. The highest BCUT2D eigenvalue weighted by Crippen LogP contribution is 2.41. The van der Waals surface area contributed by atoms with E-state index in [0.717, 1.165) is 0 Å². The largest absolute Gasteiger partial charge is 0.390 e. The Morgan fingerprint density at radius 1 is 0.688 bits per heavy atom. The summed E-state index contributed by atoms with van der Waals surface area (Å²) in [4.78, 5) is 0. The quantitative estimate of drug-likeness (QED) is 0.694. The molecule has 0 aliphatic heterocycles. The summed E-state index contributed by atoms with van der Waals surface area (Å²) in [7, 11) is 0. The first kappa shape index (κ1) is 12.4. The van der Waals surface area contributed by atoms with Gasteiger partial charge >= 0.3 is 0 Å². The van der Waals surface area contributed by atoms with E-state index in [2.05, 4.69) is 6.92 Å². The Morgan fingerprint density at radius 2 is 1.00 bits per heavy atom. The molecule has 1 unspecified atom stereocenters. The lowest BCUT2D eigenvalue weighted by atomic mass is 9.69. The molecular weight excluding hydrogens is 196 g/mol. The minimum absolute atomic E-state index is 0.370. The molecule has 16 heavy (non-hydrogen) atoms. The maximum Gasteiger partial charge on any atom is 0.0675 e. The molecule has 94 valence electrons. The first-order chi connectivity index (χ1) is 7.71. The second kappa shape index (κ2) is 5.53. The molecule has 2 saturated carbocycles. The fourth-order valence-corrected chi connectivity index (χ4v) is 3.88. The van der Waals surface area contributed by atoms with Crippen molar-refractivity contribution in [1.29, 1.82) is 0 Å². The third-order valence-electron chi connectivity index (χ3n) is 5.11. The van der Waals surface area contributed by atoms with E-state index in [0.29, 0.717) is 11.8 Å². The van der Waals surface area contributed by atoms with Crippen LogP contribution in [0.15, 0.2) is 0 Å². The molecular formula is C15H28O. The van der Waals surface area contributed by atoms with Crippen molar-refractivity contribution < 1.29 is 5.11 Å². The highest BCUT2D eigenvalue weighted by Gasteiger charge is 2.39. The van der Waals surface area contributed by atoms with Crippen molar-refractivity contribution >= 4 is 0 Å². The molecule has 1 atom stereocenters. The van der Waals surface area contributed by atoms with Gasteiger partial charge in [0.05, 0.1) is 5.60 Å². The molecule has 0 aromatic carbocycles. The molecule has 0 spiro atoms. The van der Waals surface area contributed by atoms with Crippen molar-refractivity contribution in [1.82, 2.24) is 0 Å². The van der Waals surface area contributed by atoms with Gasteiger partial charge in [-0.1, -0.05) is 44.9 Å². The van der Waals surface area contributed by atoms with Crippen LogP contribution in [-0.4, -0.2) is 10.7 Å². The predicted octanol–water partition coefficient (Wildman–Crippen LogP) is 4.29. The van der Waals surface area contributed by atoms with Crippen LogP contribution in [0.4, 0.5) is 0 Å². The first-order valence-corrected chi connectivity index (χ1v) is 7.43. The van der Waals surface area contributed by atoms with Gasteiger partial charge in [0.2, 0.25) is 0 Å². The molecule has 0 amide bonds. The van der Waals surface area contributed by atoms with E-state index in [9.17, 15) is 5.11 Å². The van der Waals surface area contributed by atoms with Gasteiger partial charge in [-0.05, 0) is 44.4 Å². The third kappa shape index (κ3) is 2.80. The molecule has 1 nitrogen and oxygen atoms in total. The van der Waals surface area contributed by atoms with Gasteiger partial charge in [-0.25, -0.2) is 0 Å². The summed E-state index contributed by atoms with van der Waals surface area (Å²) >= 11 is 0. The molecule has 0 radical (unpaired) electrons. The van der Waals surface area contributed by atoms with Gasteiger partial charge in [0.15, 0.2) is 0 Å². The number of hydrogen-bond acceptors (Lipinski definition) is 1. The first-order valence-electron chi connectivity index (χ1n) is 7.43. The molecule has 0 aromatic heterocycles. The fourth-order valence-electron chi connectivity index (χ4n) is 3.88. The van der Waals surface area contributed by atoms with Crippen molar-refractivity contribution in [3.8, 4) is 0 Å². The second-order valence-corrected chi connectivity index (χ2v) is 6.25. The van der Waals surface area contributed by atoms with Crippen molar-refractivity contribution in [3.05, 3.63) is 0 Å². The van der Waals surface area contributed by atoms with Crippen LogP contribution in [0.2, 0.25) is 0 Å². The van der Waals surface area contributed by atoms with Crippen molar-refractivity contribution in [2.75, 3.05) is 0 Å². The Morgan fingerprint density at radius 3 is 1.38 bits per heavy atom. The molecule has 2 aliphatic rings. The van der Waals surface area contributed by atoms with Crippen LogP contribution in [0.3, 0.4) is 0 Å². The Bertz CT molecular complexity index is 195. The Balaban J connectivity index is 1.97. The molecule has 2 fully saturated rings. The summed E-state index contributed by atoms with van der Waals surface area (Å²) < 4.78 is 0. The van der Waals surface area contributed by atoms with Crippen LogP contribution in [-0.2, 0) is 0 Å². The summed E-state index contributed by atoms with van der Waals surface area (Å²) in [6, 6.07) is 0. The molecule has 0 bridgehead atoms. The Labute approximate surface area is 101 Å². The number of aliphatic hydroxyl groups is 1. The Hall–Kier alpha value is -0.0400. The molecule has 2 aliphatic carbocycles. The lowest BCUT2D eigenvalue weighted by Gasteiger charge is -2.41. The van der Waals surface area contributed by atoms with Crippen LogP contribution >= 0.6 is 0 Å². The third-order valence-corrected chi connectivity index (χ3v) is 5.11. The molecule has 2 rings (SSSR count). The van der Waals surface area contributed by atoms with Crippen molar-refractivity contribution in [3.63, 3.8) is 0 Å². The van der Waals surface area contributed by atoms with Crippen LogP contribution in [0.25, 0.3) is 0 Å². The zero-order valence-corrected chi connectivity index (χ0v) is 10.9. The van der Waals surface area contributed by atoms with E-state index in [4.69, 9.17) is 0 Å². The lowest BCUT2D eigenvalue weighted by molar-refractivity contribution is -0.0704. The van der Waals surface area contributed by atoms with Gasteiger partial charge in [-0.15, -0.1) is 0 Å². The minimum Gasteiger partial charge on any atom is -0.390 e. The molecule has 1 heteroatoms. The zero-order valence-electron chi connectivity index (χ0n) is 10.9. The Kier molecular flexibility index (Phi) is 4.29. The van der Waals surface area contributed by atoms with Gasteiger partial charge in [0, 0.05) is 0 Å². The van der Waals surface area contributed by atoms with E-state index in [1.807, 2.05) is 0 Å². The fraction of sp³-hybridized carbons (Fsp3) is 1.00. The lowest BCUT2D eigenvalue weighted by Crippen LogP contribution is -2.43. The normalized spacial score (nSPS) is 29.6. The van der Waals surface area contributed by atoms with E-state index in [-0.39, 0.29) is 5.60 Å². The summed E-state index contributed by atoms with van der Waals surface area (Å²) in [6.45, 7) is 2.14. The van der Waals surface area contributed by atoms with E-state index >= 15 is 0 Å². The topological polar surface area (TPSA) is 20.2 Å². The van der Waals surface area contributed by atoms with E-state index < -0.39 is 0 Å². The summed E-state index contributed by atoms with van der Waals surface area (Å²) in [5.74, 6) is 1.17. The van der Waals surface area contributed by atoms with E-state index in [1.54, 1.807) is 0 Å². The standard InChI is InChI=1S/C15H28O/c1-15(16,14-11-7-4-8-12-14)13-9-5-2-3-6-10-13/h13-14,16H,2-12H2,1H3. The summed E-state index contributed by atoms with van der Waals surface area (Å²) in [6.07, 6.45) is 14.6. The van der Waals surface area contributed by atoms with Crippen LogP contribution in [0, 0.1) is 11.8 Å². The molecule has 0 aromatic rings. The SMILES string of the molecule is CC(O)(C1CCCCCC1)C1CCCCC1. The van der Waals surface area contributed by atoms with Gasteiger partial charge in [-0.3, -0.25) is 0 Å². The van der Waals surface area contributed by atoms with E-state index in [1.165, 1.54) is 70.6 Å². The van der Waals surface area contributed by atoms with Crippen molar-refractivity contribution in [2.24, 2.45) is 11.8 Å². The van der Waals surface area contributed by atoms with Gasteiger partial charge in [0.1, 0.15) is 0 Å². The summed E-state index contributed by atoms with van der Waals surface area (Å²) in [5, 5.41) is 10.9. The van der Waals surface area contributed by atoms with Crippen LogP contribution < -0.4 is 0 Å². The zero-order chi connectivity index (χ0) is 11.4. The number of hydrogen-bond donors (Lipinski definition) is 1.